The van der Waals surface area contributed by atoms with Crippen molar-refractivity contribution in [3.63, 3.8) is 0 Å². The second-order valence-electron chi connectivity index (χ2n) is 4.08. The number of nitrogens with two attached hydrogens (primary N) is 1. The van der Waals surface area contributed by atoms with E-state index in [1.807, 2.05) is 0 Å². The zero-order chi connectivity index (χ0) is 14.9. The summed E-state index contributed by atoms with van der Waals surface area (Å²) in [5.74, 6) is 0.614. The van der Waals surface area contributed by atoms with Crippen molar-refractivity contribution < 1.29 is 13.2 Å². The Labute approximate surface area is 117 Å². The number of aryl methyl sites for hydroxylation is 1. The third-order valence-electron chi connectivity index (χ3n) is 2.68. The molecule has 5 nitrogen and oxygen atoms in total. The summed E-state index contributed by atoms with van der Waals surface area (Å²) >= 11 is 5.77. The average molecular weight is 306 g/mol. The maximum absolute atomic E-state index is 12.5. The third kappa shape index (κ3) is 2.96. The molecule has 0 aliphatic rings. The number of aromatic nitrogens is 3. The van der Waals surface area contributed by atoms with Crippen molar-refractivity contribution in [3.8, 4) is 0 Å². The van der Waals surface area contributed by atoms with E-state index in [1.54, 1.807) is 13.2 Å². The SMILES string of the molecule is Cn1ncc(CNc2ncc(C(F)(F)F)cc2Cl)c1N. The number of nitrogen functional groups attached to an aromatic ring is 1. The topological polar surface area (TPSA) is 68.8 Å². The van der Waals surface area contributed by atoms with Crippen LogP contribution in [0.4, 0.5) is 24.8 Å². The molecule has 2 heterocycles. The van der Waals surface area contributed by atoms with E-state index in [0.717, 1.165) is 12.3 Å². The van der Waals surface area contributed by atoms with Gasteiger partial charge in [0.1, 0.15) is 11.6 Å². The molecule has 0 fully saturated rings. The zero-order valence-corrected chi connectivity index (χ0v) is 11.1. The van der Waals surface area contributed by atoms with Crippen LogP contribution in [0.3, 0.4) is 0 Å². The molecule has 2 rings (SSSR count). The van der Waals surface area contributed by atoms with Crippen LogP contribution in [0, 0.1) is 0 Å². The van der Waals surface area contributed by atoms with Crippen molar-refractivity contribution >= 4 is 23.2 Å². The first kappa shape index (κ1) is 14.4. The number of nitrogens with one attached hydrogen (secondary N) is 1. The summed E-state index contributed by atoms with van der Waals surface area (Å²) in [6.07, 6.45) is -2.19. The minimum absolute atomic E-state index is 0.109. The van der Waals surface area contributed by atoms with Crippen LogP contribution in [0.5, 0.6) is 0 Å². The van der Waals surface area contributed by atoms with Crippen LogP contribution in [0.15, 0.2) is 18.5 Å². The predicted molar refractivity (Wildman–Crippen MR) is 69.2 cm³/mol. The first-order valence-corrected chi connectivity index (χ1v) is 5.90. The molecule has 0 aliphatic carbocycles. The highest BCUT2D eigenvalue weighted by Crippen LogP contribution is 2.32. The molecule has 0 aliphatic heterocycles. The maximum Gasteiger partial charge on any atom is 0.417 e. The van der Waals surface area contributed by atoms with Gasteiger partial charge in [-0.3, -0.25) is 4.68 Å². The van der Waals surface area contributed by atoms with Crippen molar-refractivity contribution in [2.45, 2.75) is 12.7 Å². The fourth-order valence-corrected chi connectivity index (χ4v) is 1.76. The van der Waals surface area contributed by atoms with E-state index in [1.165, 1.54) is 4.68 Å². The summed E-state index contributed by atoms with van der Waals surface area (Å²) in [5, 5.41) is 6.66. The van der Waals surface area contributed by atoms with Crippen molar-refractivity contribution in [1.29, 1.82) is 0 Å². The molecule has 9 heteroatoms. The Bertz CT molecular complexity index is 623. The van der Waals surface area contributed by atoms with Crippen LogP contribution in [0.1, 0.15) is 11.1 Å². The number of pyridine rings is 1. The minimum Gasteiger partial charge on any atom is -0.384 e. The Morgan fingerprint density at radius 1 is 1.40 bits per heavy atom. The molecule has 0 amide bonds. The number of hydrogen-bond donors (Lipinski definition) is 2. The van der Waals surface area contributed by atoms with E-state index in [4.69, 9.17) is 17.3 Å². The standard InChI is InChI=1S/C11H11ClF3N5/c1-20-9(16)6(4-19-20)3-17-10-8(12)2-7(5-18-10)11(13,14)15/h2,4-5H,3,16H2,1H3,(H,17,18). The van der Waals surface area contributed by atoms with Crippen LogP contribution in [0.25, 0.3) is 0 Å². The summed E-state index contributed by atoms with van der Waals surface area (Å²) in [6.45, 7) is 0.262. The molecule has 0 bridgehead atoms. The van der Waals surface area contributed by atoms with Gasteiger partial charge in [-0.1, -0.05) is 11.6 Å². The summed E-state index contributed by atoms with van der Waals surface area (Å²) in [6, 6.07) is 0.823. The lowest BCUT2D eigenvalue weighted by atomic mass is 10.2. The summed E-state index contributed by atoms with van der Waals surface area (Å²) < 4.78 is 38.9. The van der Waals surface area contributed by atoms with Gasteiger partial charge in [-0.25, -0.2) is 4.98 Å². The summed E-state index contributed by atoms with van der Waals surface area (Å²) in [4.78, 5) is 3.67. The van der Waals surface area contributed by atoms with Gasteiger partial charge >= 0.3 is 6.18 Å². The number of rotatable bonds is 3. The smallest absolute Gasteiger partial charge is 0.384 e. The molecule has 0 saturated carbocycles. The van der Waals surface area contributed by atoms with Crippen LogP contribution < -0.4 is 11.1 Å². The summed E-state index contributed by atoms with van der Waals surface area (Å²) in [5.41, 5.74) is 5.55. The molecule has 0 atom stereocenters. The lowest BCUT2D eigenvalue weighted by Crippen LogP contribution is -2.08. The van der Waals surface area contributed by atoms with Crippen LogP contribution in [-0.4, -0.2) is 14.8 Å². The van der Waals surface area contributed by atoms with Gasteiger partial charge in [-0.05, 0) is 6.07 Å². The second-order valence-corrected chi connectivity index (χ2v) is 4.49. The lowest BCUT2D eigenvalue weighted by Gasteiger charge is -2.10. The fraction of sp³-hybridized carbons (Fsp3) is 0.273. The quantitative estimate of drug-likeness (QED) is 0.915. The molecule has 0 spiro atoms. The Morgan fingerprint density at radius 3 is 2.60 bits per heavy atom. The molecule has 108 valence electrons. The van der Waals surface area contributed by atoms with Gasteiger partial charge in [0.15, 0.2) is 0 Å². The molecule has 20 heavy (non-hydrogen) atoms. The van der Waals surface area contributed by atoms with Crippen molar-refractivity contribution in [3.05, 3.63) is 34.6 Å². The molecule has 0 unspecified atom stereocenters. The molecular weight excluding hydrogens is 295 g/mol. The first-order chi connectivity index (χ1) is 9.29. The van der Waals surface area contributed by atoms with Gasteiger partial charge < -0.3 is 11.1 Å². The number of hydrogen-bond acceptors (Lipinski definition) is 4. The van der Waals surface area contributed by atoms with Crippen molar-refractivity contribution in [2.24, 2.45) is 7.05 Å². The molecule has 2 aromatic heterocycles. The van der Waals surface area contributed by atoms with Gasteiger partial charge in [0, 0.05) is 25.4 Å². The van der Waals surface area contributed by atoms with E-state index in [-0.39, 0.29) is 17.4 Å². The van der Waals surface area contributed by atoms with Gasteiger partial charge in [-0.15, -0.1) is 0 Å². The lowest BCUT2D eigenvalue weighted by molar-refractivity contribution is -0.137. The Morgan fingerprint density at radius 2 is 2.10 bits per heavy atom. The maximum atomic E-state index is 12.5. The molecule has 0 aromatic carbocycles. The minimum atomic E-state index is -4.47. The molecule has 2 aromatic rings. The van der Waals surface area contributed by atoms with Crippen LogP contribution in [0.2, 0.25) is 5.02 Å². The van der Waals surface area contributed by atoms with Crippen molar-refractivity contribution in [2.75, 3.05) is 11.1 Å². The molecule has 0 radical (unpaired) electrons. The predicted octanol–water partition coefficient (Wildman–Crippen LogP) is 2.68. The van der Waals surface area contributed by atoms with Gasteiger partial charge in [0.2, 0.25) is 0 Å². The number of alkyl halides is 3. The Balaban J connectivity index is 2.13. The number of nitrogens with zero attached hydrogens (tertiary/aromatic N) is 3. The molecular formula is C11H11ClF3N5. The fourth-order valence-electron chi connectivity index (χ4n) is 1.53. The monoisotopic (exact) mass is 305 g/mol. The third-order valence-corrected chi connectivity index (χ3v) is 2.97. The Kier molecular flexibility index (Phi) is 3.76. The molecule has 3 N–H and O–H groups in total. The normalized spacial score (nSPS) is 11.7. The van der Waals surface area contributed by atoms with E-state index in [0.29, 0.717) is 11.4 Å². The first-order valence-electron chi connectivity index (χ1n) is 5.52. The summed E-state index contributed by atoms with van der Waals surface area (Å²) in [7, 11) is 1.68. The van der Waals surface area contributed by atoms with Gasteiger partial charge in [0.05, 0.1) is 16.8 Å². The highest BCUT2D eigenvalue weighted by molar-refractivity contribution is 6.32. The zero-order valence-electron chi connectivity index (χ0n) is 10.4. The highest BCUT2D eigenvalue weighted by Gasteiger charge is 2.31. The highest BCUT2D eigenvalue weighted by atomic mass is 35.5. The Hall–Kier alpha value is -1.96. The van der Waals surface area contributed by atoms with Crippen LogP contribution in [-0.2, 0) is 19.8 Å². The largest absolute Gasteiger partial charge is 0.417 e. The van der Waals surface area contributed by atoms with E-state index >= 15 is 0 Å². The van der Waals surface area contributed by atoms with Gasteiger partial charge in [0.25, 0.3) is 0 Å². The average Bonchev–Trinajstić information content (AvgIpc) is 2.67. The second kappa shape index (κ2) is 5.20. The number of anilines is 2. The molecule has 0 saturated heterocycles. The van der Waals surface area contributed by atoms with Gasteiger partial charge in [-0.2, -0.15) is 18.3 Å². The van der Waals surface area contributed by atoms with E-state index in [2.05, 4.69) is 15.4 Å². The van der Waals surface area contributed by atoms with Crippen LogP contribution >= 0.6 is 11.6 Å². The number of halogens is 4. The van der Waals surface area contributed by atoms with E-state index < -0.39 is 11.7 Å². The van der Waals surface area contributed by atoms with Crippen molar-refractivity contribution in [1.82, 2.24) is 14.8 Å². The van der Waals surface area contributed by atoms with E-state index in [9.17, 15) is 13.2 Å².